The van der Waals surface area contributed by atoms with Crippen LogP contribution in [0.25, 0.3) is 21.3 Å². The number of aromatic amines is 1. The summed E-state index contributed by atoms with van der Waals surface area (Å²) in [6, 6.07) is 8.89. The van der Waals surface area contributed by atoms with Crippen LogP contribution < -0.4 is 5.56 Å². The molecule has 1 fully saturated rings. The van der Waals surface area contributed by atoms with Gasteiger partial charge in [0.05, 0.1) is 22.7 Å². The van der Waals surface area contributed by atoms with E-state index in [1.54, 1.807) is 17.7 Å². The molecule has 0 spiro atoms. The number of nitrogens with zero attached hydrogens (tertiary/aromatic N) is 4. The van der Waals surface area contributed by atoms with Crippen LogP contribution in [-0.4, -0.2) is 43.6 Å². The Morgan fingerprint density at radius 1 is 1.18 bits per heavy atom. The standard InChI is InChI=1S/C26H31N5OS/c1-2-3-12-31-16-27-25-23(26(31)32)19-9-8-18(15-22(19)33-25)30-13-10-17(11-14-30)24-28-20-6-4-5-7-21(20)29-24/h4-7,16-18H,2-3,8-15H2,1H3,(H,28,29)/t18-/m1/s1. The van der Waals surface area contributed by atoms with E-state index in [1.165, 1.54) is 10.4 Å². The average molecular weight is 462 g/mol. The van der Waals surface area contributed by atoms with E-state index in [0.717, 1.165) is 91.7 Å². The predicted molar refractivity (Wildman–Crippen MR) is 134 cm³/mol. The Morgan fingerprint density at radius 2 is 2.03 bits per heavy atom. The molecule has 1 aliphatic carbocycles. The third-order valence-electron chi connectivity index (χ3n) is 7.60. The number of piperidine rings is 1. The highest BCUT2D eigenvalue weighted by atomic mass is 32.1. The van der Waals surface area contributed by atoms with Gasteiger partial charge < -0.3 is 4.98 Å². The second kappa shape index (κ2) is 8.69. The molecule has 0 radical (unpaired) electrons. The Kier molecular flexibility index (Phi) is 5.54. The van der Waals surface area contributed by atoms with Gasteiger partial charge in [-0.25, -0.2) is 9.97 Å². The minimum Gasteiger partial charge on any atom is -0.342 e. The molecule has 1 saturated heterocycles. The van der Waals surface area contributed by atoms with E-state index in [0.29, 0.717) is 12.0 Å². The number of para-hydroxylation sites is 2. The molecular formula is C26H31N5OS. The van der Waals surface area contributed by atoms with E-state index >= 15 is 0 Å². The van der Waals surface area contributed by atoms with Crippen LogP contribution in [0, 0.1) is 0 Å². The van der Waals surface area contributed by atoms with Crippen LogP contribution in [0.15, 0.2) is 35.4 Å². The van der Waals surface area contributed by atoms with Crippen molar-refractivity contribution in [3.05, 3.63) is 57.2 Å². The first-order valence-electron chi connectivity index (χ1n) is 12.4. The van der Waals surface area contributed by atoms with Crippen molar-refractivity contribution in [2.75, 3.05) is 13.1 Å². The number of rotatable bonds is 5. The highest BCUT2D eigenvalue weighted by Gasteiger charge is 2.32. The lowest BCUT2D eigenvalue weighted by Gasteiger charge is -2.38. The van der Waals surface area contributed by atoms with E-state index in [4.69, 9.17) is 4.98 Å². The molecule has 1 aliphatic heterocycles. The van der Waals surface area contributed by atoms with Crippen molar-refractivity contribution in [1.82, 2.24) is 24.4 Å². The van der Waals surface area contributed by atoms with Gasteiger partial charge in [-0.15, -0.1) is 11.3 Å². The van der Waals surface area contributed by atoms with Crippen molar-refractivity contribution in [2.24, 2.45) is 0 Å². The number of likely N-dealkylation sites (tertiary alicyclic amines) is 1. The number of aryl methyl sites for hydroxylation is 2. The number of unbranched alkanes of at least 4 members (excludes halogenated alkanes) is 1. The summed E-state index contributed by atoms with van der Waals surface area (Å²) in [5.74, 6) is 1.67. The predicted octanol–water partition coefficient (Wildman–Crippen LogP) is 4.87. The van der Waals surface area contributed by atoms with Crippen molar-refractivity contribution in [3.8, 4) is 0 Å². The Balaban J connectivity index is 1.16. The van der Waals surface area contributed by atoms with Crippen LogP contribution in [0.3, 0.4) is 0 Å². The van der Waals surface area contributed by atoms with Crippen molar-refractivity contribution in [2.45, 2.75) is 70.4 Å². The van der Waals surface area contributed by atoms with Crippen LogP contribution in [0.5, 0.6) is 0 Å². The van der Waals surface area contributed by atoms with Crippen LogP contribution in [0.4, 0.5) is 0 Å². The number of thiophene rings is 1. The van der Waals surface area contributed by atoms with E-state index in [2.05, 4.69) is 46.1 Å². The van der Waals surface area contributed by atoms with Gasteiger partial charge in [-0.3, -0.25) is 14.3 Å². The monoisotopic (exact) mass is 461 g/mol. The normalized spacial score (nSPS) is 20.0. The molecule has 1 atom stereocenters. The Hall–Kier alpha value is -2.51. The maximum absolute atomic E-state index is 13.1. The fraction of sp³-hybridized carbons (Fsp3) is 0.500. The molecule has 6 rings (SSSR count). The molecule has 1 N–H and O–H groups in total. The fourth-order valence-corrected chi connectivity index (χ4v) is 6.94. The lowest BCUT2D eigenvalue weighted by atomic mass is 9.89. The molecule has 4 aromatic rings. The lowest BCUT2D eigenvalue weighted by Crippen LogP contribution is -2.43. The maximum Gasteiger partial charge on any atom is 0.262 e. The molecular weight excluding hydrogens is 430 g/mol. The summed E-state index contributed by atoms with van der Waals surface area (Å²) in [7, 11) is 0. The van der Waals surface area contributed by atoms with Crippen molar-refractivity contribution in [3.63, 3.8) is 0 Å². The van der Waals surface area contributed by atoms with Gasteiger partial charge in [0.15, 0.2) is 0 Å². The number of imidazole rings is 1. The van der Waals surface area contributed by atoms with Gasteiger partial charge >= 0.3 is 0 Å². The summed E-state index contributed by atoms with van der Waals surface area (Å²) in [6.45, 7) is 5.16. The van der Waals surface area contributed by atoms with Crippen molar-refractivity contribution in [1.29, 1.82) is 0 Å². The molecule has 0 bridgehead atoms. The van der Waals surface area contributed by atoms with Gasteiger partial charge in [-0.05, 0) is 69.3 Å². The van der Waals surface area contributed by atoms with Crippen LogP contribution in [0.2, 0.25) is 0 Å². The molecule has 0 saturated carbocycles. The highest BCUT2D eigenvalue weighted by Crippen LogP contribution is 2.37. The third kappa shape index (κ3) is 3.81. The molecule has 4 heterocycles. The van der Waals surface area contributed by atoms with Crippen LogP contribution >= 0.6 is 11.3 Å². The topological polar surface area (TPSA) is 66.8 Å². The highest BCUT2D eigenvalue weighted by molar-refractivity contribution is 7.18. The first-order chi connectivity index (χ1) is 16.2. The Bertz CT molecular complexity index is 1310. The number of nitrogens with one attached hydrogen (secondary N) is 1. The lowest BCUT2D eigenvalue weighted by molar-refractivity contribution is 0.139. The molecule has 7 heteroatoms. The summed E-state index contributed by atoms with van der Waals surface area (Å²) in [6.07, 6.45) is 9.35. The smallest absolute Gasteiger partial charge is 0.262 e. The van der Waals surface area contributed by atoms with Gasteiger partial charge in [-0.1, -0.05) is 25.5 Å². The second-order valence-corrected chi connectivity index (χ2v) is 10.7. The molecule has 2 aliphatic rings. The first kappa shape index (κ1) is 21.1. The van der Waals surface area contributed by atoms with Gasteiger partial charge in [0.1, 0.15) is 10.7 Å². The van der Waals surface area contributed by atoms with Gasteiger partial charge in [-0.2, -0.15) is 0 Å². The zero-order valence-corrected chi connectivity index (χ0v) is 20.0. The minimum absolute atomic E-state index is 0.163. The number of aromatic nitrogens is 4. The van der Waals surface area contributed by atoms with E-state index < -0.39 is 0 Å². The number of benzene rings is 1. The molecule has 33 heavy (non-hydrogen) atoms. The van der Waals surface area contributed by atoms with E-state index in [-0.39, 0.29) is 5.56 Å². The first-order valence-corrected chi connectivity index (χ1v) is 13.2. The maximum atomic E-state index is 13.1. The second-order valence-electron chi connectivity index (χ2n) is 9.63. The number of H-pyrrole nitrogens is 1. The Labute approximate surface area is 197 Å². The zero-order valence-electron chi connectivity index (χ0n) is 19.2. The fourth-order valence-electron chi connectivity index (χ4n) is 5.69. The largest absolute Gasteiger partial charge is 0.342 e. The van der Waals surface area contributed by atoms with Gasteiger partial charge in [0.25, 0.3) is 5.56 Å². The number of fused-ring (bicyclic) bond motifs is 4. The molecule has 172 valence electrons. The quantitative estimate of drug-likeness (QED) is 0.460. The van der Waals surface area contributed by atoms with Gasteiger partial charge in [0.2, 0.25) is 0 Å². The summed E-state index contributed by atoms with van der Waals surface area (Å²) >= 11 is 1.75. The molecule has 3 aromatic heterocycles. The van der Waals surface area contributed by atoms with Crippen molar-refractivity contribution >= 4 is 32.6 Å². The average Bonchev–Trinajstić information content (AvgIpc) is 3.45. The summed E-state index contributed by atoms with van der Waals surface area (Å²) in [4.78, 5) is 31.1. The molecule has 1 aromatic carbocycles. The van der Waals surface area contributed by atoms with E-state index in [1.807, 2.05) is 4.57 Å². The van der Waals surface area contributed by atoms with E-state index in [9.17, 15) is 4.79 Å². The molecule has 0 unspecified atom stereocenters. The van der Waals surface area contributed by atoms with Crippen LogP contribution in [0.1, 0.15) is 61.2 Å². The summed E-state index contributed by atoms with van der Waals surface area (Å²) in [5, 5.41) is 0.899. The molecule has 0 amide bonds. The third-order valence-corrected chi connectivity index (χ3v) is 8.77. The molecule has 6 nitrogen and oxygen atoms in total. The Morgan fingerprint density at radius 3 is 2.85 bits per heavy atom. The zero-order chi connectivity index (χ0) is 22.4. The van der Waals surface area contributed by atoms with Crippen LogP contribution in [-0.2, 0) is 19.4 Å². The summed E-state index contributed by atoms with van der Waals surface area (Å²) in [5.41, 5.74) is 3.66. The number of hydrogen-bond donors (Lipinski definition) is 1. The van der Waals surface area contributed by atoms with Gasteiger partial charge in [0, 0.05) is 23.4 Å². The SMILES string of the molecule is CCCCn1cnc2sc3c(c2c1=O)CC[C@@H](N1CCC(c2nc4ccccc4[nH]2)CC1)C3. The summed E-state index contributed by atoms with van der Waals surface area (Å²) < 4.78 is 1.81. The minimum atomic E-state index is 0.163. The van der Waals surface area contributed by atoms with Crippen molar-refractivity contribution < 1.29 is 0 Å². The number of hydrogen-bond acceptors (Lipinski definition) is 5.